The normalized spacial score (nSPS) is 23.6. The van der Waals surface area contributed by atoms with Crippen LogP contribution in [0.5, 0.6) is 0 Å². The molecule has 1 atom stereocenters. The number of carbonyl (C=O) groups is 1. The third-order valence-electron chi connectivity index (χ3n) is 2.84. The van der Waals surface area contributed by atoms with Gasteiger partial charge in [0, 0.05) is 0 Å². The summed E-state index contributed by atoms with van der Waals surface area (Å²) in [6, 6.07) is 7.97. The molecule has 0 spiro atoms. The van der Waals surface area contributed by atoms with Crippen molar-refractivity contribution in [2.45, 2.75) is 25.6 Å². The minimum atomic E-state index is -0.524. The van der Waals surface area contributed by atoms with Crippen molar-refractivity contribution in [3.63, 3.8) is 0 Å². The van der Waals surface area contributed by atoms with E-state index in [0.29, 0.717) is 6.61 Å². The highest BCUT2D eigenvalue weighted by Crippen LogP contribution is 2.38. The number of carbonyl (C=O) groups excluding carboxylic acids is 1. The molecule has 1 aromatic carbocycles. The first-order chi connectivity index (χ1) is 7.15. The van der Waals surface area contributed by atoms with Gasteiger partial charge in [0.1, 0.15) is 5.60 Å². The number of hydrogen-bond acceptors (Lipinski definition) is 3. The maximum atomic E-state index is 11.3. The molecule has 0 amide bonds. The molecule has 0 N–H and O–H groups in total. The van der Waals surface area contributed by atoms with E-state index in [1.165, 1.54) is 7.11 Å². The highest BCUT2D eigenvalue weighted by Gasteiger charge is 2.37. The third-order valence-corrected chi connectivity index (χ3v) is 2.84. The van der Waals surface area contributed by atoms with Crippen LogP contribution in [-0.2, 0) is 26.5 Å². The van der Waals surface area contributed by atoms with Gasteiger partial charge in [0.05, 0.1) is 20.1 Å². The Hall–Kier alpha value is -1.35. The lowest BCUT2D eigenvalue weighted by Gasteiger charge is -2.23. The summed E-state index contributed by atoms with van der Waals surface area (Å²) in [5.74, 6) is -0.241. The largest absolute Gasteiger partial charge is 0.469 e. The Balaban J connectivity index is 2.28. The summed E-state index contributed by atoms with van der Waals surface area (Å²) in [6.07, 6.45) is 0.264. The standard InChI is InChI=1S/C12H14O3/c1-12(7-11(13)14-2)10-6-4-3-5-9(10)8-15-12/h3-6H,7-8H2,1-2H3. The lowest BCUT2D eigenvalue weighted by Crippen LogP contribution is -2.25. The molecular formula is C12H14O3. The maximum Gasteiger partial charge on any atom is 0.308 e. The summed E-state index contributed by atoms with van der Waals surface area (Å²) >= 11 is 0. The van der Waals surface area contributed by atoms with Crippen molar-refractivity contribution in [1.29, 1.82) is 0 Å². The molecule has 0 fully saturated rings. The van der Waals surface area contributed by atoms with Crippen LogP contribution in [0.4, 0.5) is 0 Å². The van der Waals surface area contributed by atoms with E-state index in [2.05, 4.69) is 4.74 Å². The van der Waals surface area contributed by atoms with Crippen LogP contribution in [0.25, 0.3) is 0 Å². The molecule has 0 saturated carbocycles. The lowest BCUT2D eigenvalue weighted by molar-refractivity contribution is -0.148. The molecule has 1 aromatic rings. The lowest BCUT2D eigenvalue weighted by atomic mass is 9.91. The molecule has 0 aliphatic carbocycles. The Labute approximate surface area is 89.0 Å². The first kappa shape index (κ1) is 10.2. The number of benzene rings is 1. The van der Waals surface area contributed by atoms with Crippen LogP contribution >= 0.6 is 0 Å². The van der Waals surface area contributed by atoms with Gasteiger partial charge in [-0.1, -0.05) is 24.3 Å². The van der Waals surface area contributed by atoms with Crippen LogP contribution in [0.3, 0.4) is 0 Å². The maximum absolute atomic E-state index is 11.3. The zero-order valence-electron chi connectivity index (χ0n) is 8.95. The van der Waals surface area contributed by atoms with E-state index in [9.17, 15) is 4.79 Å². The van der Waals surface area contributed by atoms with E-state index in [1.54, 1.807) is 0 Å². The second-order valence-electron chi connectivity index (χ2n) is 3.93. The highest BCUT2D eigenvalue weighted by atomic mass is 16.5. The molecule has 0 aromatic heterocycles. The van der Waals surface area contributed by atoms with Gasteiger partial charge in [-0.2, -0.15) is 0 Å². The summed E-state index contributed by atoms with van der Waals surface area (Å²) in [4.78, 5) is 11.3. The summed E-state index contributed by atoms with van der Waals surface area (Å²) < 4.78 is 10.4. The molecule has 3 nitrogen and oxygen atoms in total. The molecule has 0 bridgehead atoms. The average molecular weight is 206 g/mol. The van der Waals surface area contributed by atoms with Gasteiger partial charge in [-0.05, 0) is 18.1 Å². The Morgan fingerprint density at radius 2 is 2.27 bits per heavy atom. The van der Waals surface area contributed by atoms with Gasteiger partial charge >= 0.3 is 5.97 Å². The number of fused-ring (bicyclic) bond motifs is 1. The van der Waals surface area contributed by atoms with Crippen molar-refractivity contribution < 1.29 is 14.3 Å². The Bertz CT molecular complexity index is 386. The summed E-state index contributed by atoms with van der Waals surface area (Å²) in [5, 5.41) is 0. The van der Waals surface area contributed by atoms with Crippen LogP contribution in [-0.4, -0.2) is 13.1 Å². The van der Waals surface area contributed by atoms with E-state index in [4.69, 9.17) is 4.74 Å². The number of hydrogen-bond donors (Lipinski definition) is 0. The second-order valence-corrected chi connectivity index (χ2v) is 3.93. The molecule has 15 heavy (non-hydrogen) atoms. The Morgan fingerprint density at radius 3 is 3.00 bits per heavy atom. The molecule has 1 aliphatic heterocycles. The van der Waals surface area contributed by atoms with Gasteiger partial charge in [-0.3, -0.25) is 4.79 Å². The molecule has 1 unspecified atom stereocenters. The zero-order valence-corrected chi connectivity index (χ0v) is 8.95. The molecule has 2 rings (SSSR count). The molecule has 0 radical (unpaired) electrons. The van der Waals surface area contributed by atoms with Gasteiger partial charge in [-0.25, -0.2) is 0 Å². The monoisotopic (exact) mass is 206 g/mol. The third kappa shape index (κ3) is 1.75. The molecule has 1 heterocycles. The number of esters is 1. The van der Waals surface area contributed by atoms with Crippen molar-refractivity contribution >= 4 is 5.97 Å². The Kier molecular flexibility index (Phi) is 2.49. The highest BCUT2D eigenvalue weighted by molar-refractivity contribution is 5.71. The summed E-state index contributed by atoms with van der Waals surface area (Å²) in [5.41, 5.74) is 1.73. The SMILES string of the molecule is COC(=O)CC1(C)OCc2ccccc21. The van der Waals surface area contributed by atoms with E-state index in [0.717, 1.165) is 11.1 Å². The predicted molar refractivity (Wildman–Crippen MR) is 55.2 cm³/mol. The number of methoxy groups -OCH3 is 1. The van der Waals surface area contributed by atoms with Gasteiger partial charge < -0.3 is 9.47 Å². The fourth-order valence-electron chi connectivity index (χ4n) is 1.97. The minimum Gasteiger partial charge on any atom is -0.469 e. The van der Waals surface area contributed by atoms with E-state index >= 15 is 0 Å². The molecule has 3 heteroatoms. The van der Waals surface area contributed by atoms with Crippen molar-refractivity contribution in [3.05, 3.63) is 35.4 Å². The molecular weight excluding hydrogens is 192 g/mol. The van der Waals surface area contributed by atoms with Crippen LogP contribution in [0.2, 0.25) is 0 Å². The summed E-state index contributed by atoms with van der Waals surface area (Å²) in [7, 11) is 1.40. The first-order valence-electron chi connectivity index (χ1n) is 4.95. The van der Waals surface area contributed by atoms with E-state index < -0.39 is 5.60 Å². The fraction of sp³-hybridized carbons (Fsp3) is 0.417. The van der Waals surface area contributed by atoms with Crippen LogP contribution < -0.4 is 0 Å². The van der Waals surface area contributed by atoms with Crippen molar-refractivity contribution in [3.8, 4) is 0 Å². The molecule has 1 aliphatic rings. The topological polar surface area (TPSA) is 35.5 Å². The fourth-order valence-corrected chi connectivity index (χ4v) is 1.97. The van der Waals surface area contributed by atoms with Gasteiger partial charge in [0.15, 0.2) is 0 Å². The van der Waals surface area contributed by atoms with Crippen molar-refractivity contribution in [2.75, 3.05) is 7.11 Å². The van der Waals surface area contributed by atoms with Gasteiger partial charge in [0.25, 0.3) is 0 Å². The first-order valence-corrected chi connectivity index (χ1v) is 4.95. The summed E-state index contributed by atoms with van der Waals surface area (Å²) in [6.45, 7) is 2.50. The smallest absolute Gasteiger partial charge is 0.308 e. The second kappa shape index (κ2) is 3.66. The van der Waals surface area contributed by atoms with Crippen molar-refractivity contribution in [2.24, 2.45) is 0 Å². The Morgan fingerprint density at radius 1 is 1.53 bits per heavy atom. The van der Waals surface area contributed by atoms with E-state index in [-0.39, 0.29) is 12.4 Å². The quantitative estimate of drug-likeness (QED) is 0.694. The molecule has 80 valence electrons. The van der Waals surface area contributed by atoms with Gasteiger partial charge in [0.2, 0.25) is 0 Å². The van der Waals surface area contributed by atoms with Crippen LogP contribution in [0, 0.1) is 0 Å². The minimum absolute atomic E-state index is 0.241. The van der Waals surface area contributed by atoms with Crippen LogP contribution in [0.1, 0.15) is 24.5 Å². The van der Waals surface area contributed by atoms with E-state index in [1.807, 2.05) is 31.2 Å². The molecule has 0 saturated heterocycles. The average Bonchev–Trinajstić information content (AvgIpc) is 2.57. The van der Waals surface area contributed by atoms with Gasteiger partial charge in [-0.15, -0.1) is 0 Å². The zero-order chi connectivity index (χ0) is 10.9. The number of rotatable bonds is 2. The van der Waals surface area contributed by atoms with Crippen molar-refractivity contribution in [1.82, 2.24) is 0 Å². The number of ether oxygens (including phenoxy) is 2. The van der Waals surface area contributed by atoms with Crippen LogP contribution in [0.15, 0.2) is 24.3 Å². The predicted octanol–water partition coefficient (Wildman–Crippen LogP) is 2.00.